The molecule has 0 heterocycles. The second-order valence-electron chi connectivity index (χ2n) is 3.66. The third-order valence-corrected chi connectivity index (χ3v) is 2.57. The van der Waals surface area contributed by atoms with Crippen LogP contribution in [0.25, 0.3) is 11.1 Å². The predicted octanol–water partition coefficient (Wildman–Crippen LogP) is 2.78. The van der Waals surface area contributed by atoms with Crippen LogP contribution in [0.4, 0.5) is 0 Å². The number of rotatable bonds is 1. The van der Waals surface area contributed by atoms with Gasteiger partial charge < -0.3 is 15.3 Å². The van der Waals surface area contributed by atoms with Gasteiger partial charge >= 0.3 is 0 Å². The van der Waals surface area contributed by atoms with E-state index in [1.807, 2.05) is 6.07 Å². The SMILES string of the molecule is Cc1c(-c2cccc(O)c2)ccc(O)c1O. The minimum Gasteiger partial charge on any atom is -0.508 e. The highest BCUT2D eigenvalue weighted by atomic mass is 16.3. The van der Waals surface area contributed by atoms with E-state index in [0.29, 0.717) is 5.56 Å². The standard InChI is InChI=1S/C13H12O3/c1-8-11(5-6-12(15)13(8)16)9-3-2-4-10(14)7-9/h2-7,14-16H,1H3. The highest BCUT2D eigenvalue weighted by Gasteiger charge is 2.09. The molecule has 0 atom stereocenters. The maximum atomic E-state index is 9.61. The van der Waals surface area contributed by atoms with Crippen molar-refractivity contribution in [2.75, 3.05) is 0 Å². The van der Waals surface area contributed by atoms with Crippen LogP contribution in [-0.2, 0) is 0 Å². The lowest BCUT2D eigenvalue weighted by Gasteiger charge is -2.09. The van der Waals surface area contributed by atoms with Crippen molar-refractivity contribution < 1.29 is 15.3 Å². The van der Waals surface area contributed by atoms with Crippen LogP contribution in [0.5, 0.6) is 17.2 Å². The molecule has 0 amide bonds. The quantitative estimate of drug-likeness (QED) is 0.642. The van der Waals surface area contributed by atoms with Gasteiger partial charge in [0.2, 0.25) is 0 Å². The fourth-order valence-electron chi connectivity index (χ4n) is 1.67. The van der Waals surface area contributed by atoms with E-state index in [2.05, 4.69) is 0 Å². The molecule has 3 N–H and O–H groups in total. The predicted molar refractivity (Wildman–Crippen MR) is 61.6 cm³/mol. The highest BCUT2D eigenvalue weighted by Crippen LogP contribution is 2.36. The first-order valence-corrected chi connectivity index (χ1v) is 4.90. The molecule has 0 unspecified atom stereocenters. The monoisotopic (exact) mass is 216 g/mol. The summed E-state index contributed by atoms with van der Waals surface area (Å²) in [5.74, 6) is -0.0910. The number of hydrogen-bond donors (Lipinski definition) is 3. The number of phenols is 3. The second-order valence-corrected chi connectivity index (χ2v) is 3.66. The van der Waals surface area contributed by atoms with E-state index in [4.69, 9.17) is 0 Å². The number of hydrogen-bond acceptors (Lipinski definition) is 3. The Bertz CT molecular complexity index is 533. The minimum absolute atomic E-state index is 0.124. The molecule has 0 saturated heterocycles. The summed E-state index contributed by atoms with van der Waals surface area (Å²) in [6.07, 6.45) is 0. The highest BCUT2D eigenvalue weighted by molar-refractivity contribution is 5.72. The molecule has 2 aromatic carbocycles. The van der Waals surface area contributed by atoms with Crippen LogP contribution < -0.4 is 0 Å². The number of aromatic hydroxyl groups is 3. The Morgan fingerprint density at radius 1 is 0.938 bits per heavy atom. The van der Waals surface area contributed by atoms with Crippen LogP contribution in [0.2, 0.25) is 0 Å². The summed E-state index contributed by atoms with van der Waals surface area (Å²) in [4.78, 5) is 0. The molecule has 0 radical (unpaired) electrons. The molecule has 0 aromatic heterocycles. The summed E-state index contributed by atoms with van der Waals surface area (Å²) in [5, 5.41) is 28.3. The molecular weight excluding hydrogens is 204 g/mol. The van der Waals surface area contributed by atoms with Crippen molar-refractivity contribution in [3.63, 3.8) is 0 Å². The molecular formula is C13H12O3. The van der Waals surface area contributed by atoms with Crippen molar-refractivity contribution in [3.8, 4) is 28.4 Å². The van der Waals surface area contributed by atoms with E-state index in [0.717, 1.165) is 11.1 Å². The molecule has 3 heteroatoms. The lowest BCUT2D eigenvalue weighted by molar-refractivity contribution is 0.401. The van der Waals surface area contributed by atoms with Crippen LogP contribution >= 0.6 is 0 Å². The molecule has 82 valence electrons. The molecule has 0 aliphatic heterocycles. The van der Waals surface area contributed by atoms with Gasteiger partial charge in [-0.05, 0) is 36.2 Å². The van der Waals surface area contributed by atoms with Crippen molar-refractivity contribution >= 4 is 0 Å². The van der Waals surface area contributed by atoms with E-state index < -0.39 is 0 Å². The van der Waals surface area contributed by atoms with Gasteiger partial charge in [-0.1, -0.05) is 18.2 Å². The largest absolute Gasteiger partial charge is 0.508 e. The average molecular weight is 216 g/mol. The topological polar surface area (TPSA) is 60.7 Å². The first-order valence-electron chi connectivity index (χ1n) is 4.90. The van der Waals surface area contributed by atoms with E-state index in [1.54, 1.807) is 31.2 Å². The zero-order valence-electron chi connectivity index (χ0n) is 8.81. The molecule has 0 fully saturated rings. The summed E-state index contributed by atoms with van der Waals surface area (Å²) < 4.78 is 0. The Kier molecular flexibility index (Phi) is 2.44. The van der Waals surface area contributed by atoms with Crippen molar-refractivity contribution in [3.05, 3.63) is 42.0 Å². The molecule has 2 rings (SSSR count). The summed E-state index contributed by atoms with van der Waals surface area (Å²) in [7, 11) is 0. The smallest absolute Gasteiger partial charge is 0.161 e. The third-order valence-electron chi connectivity index (χ3n) is 2.57. The van der Waals surface area contributed by atoms with Gasteiger partial charge in [0.1, 0.15) is 5.75 Å². The minimum atomic E-state index is -0.138. The zero-order valence-corrected chi connectivity index (χ0v) is 8.81. The van der Waals surface area contributed by atoms with Gasteiger partial charge in [-0.25, -0.2) is 0 Å². The molecule has 16 heavy (non-hydrogen) atoms. The van der Waals surface area contributed by atoms with E-state index in [9.17, 15) is 15.3 Å². The van der Waals surface area contributed by atoms with Crippen molar-refractivity contribution in [2.24, 2.45) is 0 Å². The van der Waals surface area contributed by atoms with Crippen LogP contribution in [0.15, 0.2) is 36.4 Å². The number of benzene rings is 2. The Balaban J connectivity index is 2.61. The van der Waals surface area contributed by atoms with Crippen molar-refractivity contribution in [1.82, 2.24) is 0 Å². The van der Waals surface area contributed by atoms with Crippen LogP contribution in [0.1, 0.15) is 5.56 Å². The van der Waals surface area contributed by atoms with Crippen LogP contribution in [-0.4, -0.2) is 15.3 Å². The van der Waals surface area contributed by atoms with E-state index in [-0.39, 0.29) is 17.2 Å². The Hall–Kier alpha value is -2.16. The van der Waals surface area contributed by atoms with Crippen LogP contribution in [0, 0.1) is 6.92 Å². The van der Waals surface area contributed by atoms with Gasteiger partial charge in [-0.3, -0.25) is 0 Å². The molecule has 0 saturated carbocycles. The van der Waals surface area contributed by atoms with Gasteiger partial charge in [-0.2, -0.15) is 0 Å². The molecule has 0 aliphatic carbocycles. The molecule has 0 spiro atoms. The van der Waals surface area contributed by atoms with Gasteiger partial charge in [0.05, 0.1) is 0 Å². The summed E-state index contributed by atoms with van der Waals surface area (Å²) >= 11 is 0. The lowest BCUT2D eigenvalue weighted by atomic mass is 9.99. The summed E-state index contributed by atoms with van der Waals surface area (Å²) in [6, 6.07) is 9.89. The third kappa shape index (κ3) is 1.67. The first-order chi connectivity index (χ1) is 7.59. The lowest BCUT2D eigenvalue weighted by Crippen LogP contribution is -1.84. The van der Waals surface area contributed by atoms with Crippen molar-refractivity contribution in [1.29, 1.82) is 0 Å². The maximum absolute atomic E-state index is 9.61. The molecule has 2 aromatic rings. The zero-order chi connectivity index (χ0) is 11.7. The molecule has 0 aliphatic rings. The normalized spacial score (nSPS) is 10.3. The Morgan fingerprint density at radius 3 is 2.38 bits per heavy atom. The molecule has 3 nitrogen and oxygen atoms in total. The van der Waals surface area contributed by atoms with Crippen LogP contribution in [0.3, 0.4) is 0 Å². The average Bonchev–Trinajstić information content (AvgIpc) is 2.26. The Labute approximate surface area is 93.2 Å². The molecule has 0 bridgehead atoms. The van der Waals surface area contributed by atoms with Gasteiger partial charge in [0, 0.05) is 5.56 Å². The first kappa shape index (κ1) is 10.4. The van der Waals surface area contributed by atoms with Gasteiger partial charge in [0.25, 0.3) is 0 Å². The summed E-state index contributed by atoms with van der Waals surface area (Å²) in [5.41, 5.74) is 2.17. The van der Waals surface area contributed by atoms with E-state index in [1.165, 1.54) is 6.07 Å². The second kappa shape index (κ2) is 3.77. The summed E-state index contributed by atoms with van der Waals surface area (Å²) in [6.45, 7) is 1.72. The maximum Gasteiger partial charge on any atom is 0.161 e. The van der Waals surface area contributed by atoms with Crippen molar-refractivity contribution in [2.45, 2.75) is 6.92 Å². The fraction of sp³-hybridized carbons (Fsp3) is 0.0769. The van der Waals surface area contributed by atoms with E-state index >= 15 is 0 Å². The fourth-order valence-corrected chi connectivity index (χ4v) is 1.67. The van der Waals surface area contributed by atoms with Gasteiger partial charge in [0.15, 0.2) is 11.5 Å². The Morgan fingerprint density at radius 2 is 1.69 bits per heavy atom. The number of phenolic OH excluding ortho intramolecular Hbond substituents is 3. The van der Waals surface area contributed by atoms with Gasteiger partial charge in [-0.15, -0.1) is 0 Å².